The van der Waals surface area contributed by atoms with Gasteiger partial charge in [-0.1, -0.05) is 53.0 Å². The number of hydrogen-bond donors (Lipinski definition) is 0. The van der Waals surface area contributed by atoms with Crippen molar-refractivity contribution in [3.8, 4) is 11.1 Å². The van der Waals surface area contributed by atoms with Crippen LogP contribution in [-0.4, -0.2) is 24.6 Å². The minimum atomic E-state index is -3.26. The monoisotopic (exact) mass is 350 g/mol. The first-order chi connectivity index (χ1) is 9.28. The maximum Gasteiger partial charge on any atom is 0.154 e. The Morgan fingerprint density at radius 3 is 2.10 bits per heavy atom. The van der Waals surface area contributed by atoms with Crippen LogP contribution in [0.1, 0.15) is 5.82 Å². The molecule has 0 aliphatic rings. The standard InChI is InChI=1S/C12H9Cl3N2O2S/c1-20(18,19)6-9-16-11(14)10(12(15)17-9)7-4-2-3-5-8(7)13/h2-5H,6H2,1H3. The highest BCUT2D eigenvalue weighted by Crippen LogP contribution is 2.36. The Morgan fingerprint density at radius 2 is 1.60 bits per heavy atom. The molecule has 0 fully saturated rings. The average molecular weight is 352 g/mol. The fourth-order valence-electron chi connectivity index (χ4n) is 1.63. The van der Waals surface area contributed by atoms with E-state index in [1.165, 1.54) is 0 Å². The second kappa shape index (κ2) is 5.85. The predicted molar refractivity (Wildman–Crippen MR) is 81.0 cm³/mol. The van der Waals surface area contributed by atoms with E-state index in [9.17, 15) is 8.42 Å². The molecule has 0 radical (unpaired) electrons. The molecular weight excluding hydrogens is 343 g/mol. The minimum absolute atomic E-state index is 0.0540. The van der Waals surface area contributed by atoms with Crippen molar-refractivity contribution in [3.63, 3.8) is 0 Å². The van der Waals surface area contributed by atoms with E-state index in [4.69, 9.17) is 34.8 Å². The molecule has 0 aliphatic carbocycles. The van der Waals surface area contributed by atoms with Crippen molar-refractivity contribution < 1.29 is 8.42 Å². The molecule has 2 aromatic rings. The molecule has 0 saturated heterocycles. The van der Waals surface area contributed by atoms with Crippen LogP contribution in [0.25, 0.3) is 11.1 Å². The summed E-state index contributed by atoms with van der Waals surface area (Å²) in [6.45, 7) is 0. The Morgan fingerprint density at radius 1 is 1.05 bits per heavy atom. The van der Waals surface area contributed by atoms with Crippen LogP contribution >= 0.6 is 34.8 Å². The number of hydrogen-bond acceptors (Lipinski definition) is 4. The van der Waals surface area contributed by atoms with Gasteiger partial charge in [-0.3, -0.25) is 0 Å². The van der Waals surface area contributed by atoms with Gasteiger partial charge in [-0.05, 0) is 6.07 Å². The Hall–Kier alpha value is -0.880. The predicted octanol–water partition coefficient (Wildman–Crippen LogP) is 3.65. The molecule has 0 bridgehead atoms. The van der Waals surface area contributed by atoms with Crippen molar-refractivity contribution in [2.24, 2.45) is 0 Å². The Bertz CT molecular complexity index is 740. The van der Waals surface area contributed by atoms with Gasteiger partial charge in [-0.25, -0.2) is 18.4 Å². The summed E-state index contributed by atoms with van der Waals surface area (Å²) >= 11 is 18.2. The fraction of sp³-hybridized carbons (Fsp3) is 0.167. The normalized spacial score (nSPS) is 11.6. The average Bonchev–Trinajstić information content (AvgIpc) is 2.28. The van der Waals surface area contributed by atoms with E-state index < -0.39 is 9.84 Å². The molecule has 0 unspecified atom stereocenters. The molecule has 106 valence electrons. The molecule has 1 aromatic heterocycles. The molecule has 20 heavy (non-hydrogen) atoms. The molecule has 1 aromatic carbocycles. The zero-order valence-electron chi connectivity index (χ0n) is 10.3. The summed E-state index contributed by atoms with van der Waals surface area (Å²) in [7, 11) is -3.26. The van der Waals surface area contributed by atoms with Crippen LogP contribution in [0.4, 0.5) is 0 Å². The topological polar surface area (TPSA) is 59.9 Å². The molecular formula is C12H9Cl3N2O2S. The van der Waals surface area contributed by atoms with Crippen LogP contribution in [0, 0.1) is 0 Å². The Kier molecular flexibility index (Phi) is 4.54. The molecule has 4 nitrogen and oxygen atoms in total. The molecule has 8 heteroatoms. The lowest BCUT2D eigenvalue weighted by Crippen LogP contribution is -2.06. The van der Waals surface area contributed by atoms with Gasteiger partial charge in [0.25, 0.3) is 0 Å². The van der Waals surface area contributed by atoms with Crippen LogP contribution in [0.15, 0.2) is 24.3 Å². The van der Waals surface area contributed by atoms with E-state index >= 15 is 0 Å². The third-order valence-electron chi connectivity index (χ3n) is 2.40. The lowest BCUT2D eigenvalue weighted by molar-refractivity contribution is 0.599. The van der Waals surface area contributed by atoms with Gasteiger partial charge in [-0.2, -0.15) is 0 Å². The number of rotatable bonds is 3. The van der Waals surface area contributed by atoms with Crippen molar-refractivity contribution in [2.45, 2.75) is 5.75 Å². The summed E-state index contributed by atoms with van der Waals surface area (Å²) < 4.78 is 22.5. The van der Waals surface area contributed by atoms with E-state index in [1.807, 2.05) is 0 Å². The van der Waals surface area contributed by atoms with Gasteiger partial charge < -0.3 is 0 Å². The number of aromatic nitrogens is 2. The third kappa shape index (κ3) is 3.61. The first-order valence-electron chi connectivity index (χ1n) is 5.42. The largest absolute Gasteiger partial charge is 0.229 e. The summed E-state index contributed by atoms with van der Waals surface area (Å²) in [6, 6.07) is 6.97. The van der Waals surface area contributed by atoms with Crippen molar-refractivity contribution in [1.29, 1.82) is 0 Å². The first kappa shape index (κ1) is 15.5. The van der Waals surface area contributed by atoms with Crippen LogP contribution < -0.4 is 0 Å². The van der Waals surface area contributed by atoms with Gasteiger partial charge in [0.15, 0.2) is 9.84 Å². The van der Waals surface area contributed by atoms with Crippen molar-refractivity contribution >= 4 is 44.6 Å². The lowest BCUT2D eigenvalue weighted by Gasteiger charge is -2.09. The van der Waals surface area contributed by atoms with E-state index in [0.717, 1.165) is 6.26 Å². The van der Waals surface area contributed by atoms with E-state index in [-0.39, 0.29) is 21.9 Å². The third-order valence-corrected chi connectivity index (χ3v) is 4.06. The molecule has 2 rings (SSSR count). The van der Waals surface area contributed by atoms with Crippen LogP contribution in [-0.2, 0) is 15.6 Å². The van der Waals surface area contributed by atoms with Gasteiger partial charge in [0.05, 0.1) is 5.56 Å². The smallest absolute Gasteiger partial charge is 0.154 e. The lowest BCUT2D eigenvalue weighted by atomic mass is 10.1. The number of sulfone groups is 1. The van der Waals surface area contributed by atoms with Crippen LogP contribution in [0.3, 0.4) is 0 Å². The number of benzene rings is 1. The zero-order valence-corrected chi connectivity index (χ0v) is 13.4. The highest BCUT2D eigenvalue weighted by Gasteiger charge is 2.17. The number of nitrogens with zero attached hydrogens (tertiary/aromatic N) is 2. The maximum atomic E-state index is 11.2. The van der Waals surface area contributed by atoms with E-state index in [1.54, 1.807) is 24.3 Å². The first-order valence-corrected chi connectivity index (χ1v) is 8.62. The fourth-order valence-corrected chi connectivity index (χ4v) is 3.09. The quantitative estimate of drug-likeness (QED) is 0.792. The maximum absolute atomic E-state index is 11.2. The summed E-state index contributed by atoms with van der Waals surface area (Å²) in [5.74, 6) is -0.270. The summed E-state index contributed by atoms with van der Waals surface area (Å²) in [5, 5.41) is 0.587. The number of halogens is 3. The molecule has 0 N–H and O–H groups in total. The second-order valence-electron chi connectivity index (χ2n) is 4.15. The van der Waals surface area contributed by atoms with E-state index in [0.29, 0.717) is 16.1 Å². The Labute approximate surface area is 131 Å². The van der Waals surface area contributed by atoms with Crippen LogP contribution in [0.2, 0.25) is 15.3 Å². The molecule has 0 aliphatic heterocycles. The van der Waals surface area contributed by atoms with Crippen molar-refractivity contribution in [3.05, 3.63) is 45.4 Å². The summed E-state index contributed by atoms with van der Waals surface area (Å²) in [4.78, 5) is 7.94. The second-order valence-corrected chi connectivity index (χ2v) is 7.41. The van der Waals surface area contributed by atoms with Crippen molar-refractivity contribution in [1.82, 2.24) is 9.97 Å². The van der Waals surface area contributed by atoms with Gasteiger partial charge in [0.2, 0.25) is 0 Å². The Balaban J connectivity index is 2.55. The highest BCUT2D eigenvalue weighted by molar-refractivity contribution is 7.89. The van der Waals surface area contributed by atoms with Gasteiger partial charge in [0, 0.05) is 16.8 Å². The summed E-state index contributed by atoms with van der Waals surface area (Å²) in [6.07, 6.45) is 1.08. The molecule has 0 spiro atoms. The molecule has 0 saturated carbocycles. The van der Waals surface area contributed by atoms with E-state index in [2.05, 4.69) is 9.97 Å². The molecule has 0 amide bonds. The SMILES string of the molecule is CS(=O)(=O)Cc1nc(Cl)c(-c2ccccc2Cl)c(Cl)n1. The molecule has 0 atom stereocenters. The minimum Gasteiger partial charge on any atom is -0.229 e. The van der Waals surface area contributed by atoms with Crippen LogP contribution in [0.5, 0.6) is 0 Å². The van der Waals surface area contributed by atoms with Gasteiger partial charge in [0.1, 0.15) is 21.9 Å². The molecule has 1 heterocycles. The highest BCUT2D eigenvalue weighted by atomic mass is 35.5. The summed E-state index contributed by atoms with van der Waals surface area (Å²) in [5.41, 5.74) is 0.978. The van der Waals surface area contributed by atoms with Crippen molar-refractivity contribution in [2.75, 3.05) is 6.26 Å². The van der Waals surface area contributed by atoms with Gasteiger partial charge in [-0.15, -0.1) is 0 Å². The van der Waals surface area contributed by atoms with Gasteiger partial charge >= 0.3 is 0 Å². The zero-order chi connectivity index (χ0) is 14.9.